The normalized spacial score (nSPS) is 15.2. The van der Waals surface area contributed by atoms with Crippen molar-refractivity contribution >= 4 is 0 Å². The van der Waals surface area contributed by atoms with Gasteiger partial charge in [-0.25, -0.2) is 0 Å². The van der Waals surface area contributed by atoms with E-state index in [-0.39, 0.29) is 6.61 Å². The van der Waals surface area contributed by atoms with E-state index in [0.717, 1.165) is 31.0 Å². The maximum absolute atomic E-state index is 8.49. The monoisotopic (exact) mass is 274 g/mol. The largest absolute Gasteiger partial charge is 0.479 e. The molecule has 20 heavy (non-hydrogen) atoms. The fourth-order valence-corrected chi connectivity index (χ4v) is 2.45. The van der Waals surface area contributed by atoms with Crippen LogP contribution in [-0.2, 0) is 11.3 Å². The van der Waals surface area contributed by atoms with Gasteiger partial charge in [0, 0.05) is 13.1 Å². The zero-order valence-electron chi connectivity index (χ0n) is 11.8. The third-order valence-corrected chi connectivity index (χ3v) is 3.47. The predicted molar refractivity (Wildman–Crippen MR) is 77.5 cm³/mol. The molecule has 0 unspecified atom stereocenters. The van der Waals surface area contributed by atoms with Crippen molar-refractivity contribution in [3.8, 4) is 11.8 Å². The van der Waals surface area contributed by atoms with Gasteiger partial charge < -0.3 is 14.8 Å². The van der Waals surface area contributed by atoms with Crippen molar-refractivity contribution in [3.63, 3.8) is 0 Å². The van der Waals surface area contributed by atoms with Gasteiger partial charge in [-0.15, -0.1) is 0 Å². The van der Waals surface area contributed by atoms with Gasteiger partial charge in [0.25, 0.3) is 0 Å². The molecule has 4 heteroatoms. The van der Waals surface area contributed by atoms with E-state index in [4.69, 9.17) is 14.7 Å². The summed E-state index contributed by atoms with van der Waals surface area (Å²) in [5.74, 6) is 0.744. The molecule has 0 spiro atoms. The standard InChI is InChI=1S/C16H22N2O2/c17-8-10-19-16-7-3-4-14(12-16)13-18-9-11-20-15-5-1-2-6-15/h3-4,7,12,15,18H,1-2,5-6,9-11,13H2. The lowest BCUT2D eigenvalue weighted by molar-refractivity contribution is 0.0603. The van der Waals surface area contributed by atoms with Crippen molar-refractivity contribution in [2.75, 3.05) is 19.8 Å². The molecule has 0 saturated heterocycles. The number of nitrogens with one attached hydrogen (secondary N) is 1. The number of benzene rings is 1. The Morgan fingerprint density at radius 1 is 1.30 bits per heavy atom. The zero-order chi connectivity index (χ0) is 14.0. The molecule has 108 valence electrons. The quantitative estimate of drug-likeness (QED) is 0.740. The van der Waals surface area contributed by atoms with E-state index in [2.05, 4.69) is 5.32 Å². The molecule has 1 aromatic rings. The van der Waals surface area contributed by atoms with Gasteiger partial charge in [0.15, 0.2) is 6.61 Å². The maximum atomic E-state index is 8.49. The van der Waals surface area contributed by atoms with Crippen LogP contribution < -0.4 is 10.1 Å². The average Bonchev–Trinajstić information content (AvgIpc) is 2.98. The summed E-state index contributed by atoms with van der Waals surface area (Å²) in [6, 6.07) is 9.78. The Morgan fingerprint density at radius 2 is 2.15 bits per heavy atom. The van der Waals surface area contributed by atoms with Crippen LogP contribution in [-0.4, -0.2) is 25.9 Å². The Morgan fingerprint density at radius 3 is 2.95 bits per heavy atom. The molecular weight excluding hydrogens is 252 g/mol. The van der Waals surface area contributed by atoms with Crippen LogP contribution in [0.15, 0.2) is 24.3 Å². The van der Waals surface area contributed by atoms with Crippen LogP contribution in [0.1, 0.15) is 31.2 Å². The third kappa shape index (κ3) is 5.20. The zero-order valence-corrected chi connectivity index (χ0v) is 11.8. The van der Waals surface area contributed by atoms with Gasteiger partial charge in [-0.3, -0.25) is 0 Å². The first-order valence-electron chi connectivity index (χ1n) is 7.29. The molecule has 1 aromatic carbocycles. The number of rotatable bonds is 8. The van der Waals surface area contributed by atoms with E-state index in [0.29, 0.717) is 6.10 Å². The van der Waals surface area contributed by atoms with Gasteiger partial charge in [0.05, 0.1) is 12.7 Å². The molecule has 2 rings (SSSR count). The predicted octanol–water partition coefficient (Wildman–Crippen LogP) is 2.64. The number of nitrogens with zero attached hydrogens (tertiary/aromatic N) is 1. The third-order valence-electron chi connectivity index (χ3n) is 3.47. The Kier molecular flexibility index (Phi) is 6.36. The molecule has 1 aliphatic rings. The Hall–Kier alpha value is -1.57. The highest BCUT2D eigenvalue weighted by Gasteiger charge is 2.14. The van der Waals surface area contributed by atoms with E-state index in [1.807, 2.05) is 30.3 Å². The summed E-state index contributed by atoms with van der Waals surface area (Å²) in [6.45, 7) is 2.51. The number of hydrogen-bond donors (Lipinski definition) is 1. The Labute approximate surface area is 120 Å². The molecule has 1 saturated carbocycles. The second-order valence-corrected chi connectivity index (χ2v) is 5.05. The summed E-state index contributed by atoms with van der Waals surface area (Å²) in [5.41, 5.74) is 1.15. The van der Waals surface area contributed by atoms with Crippen LogP contribution in [0.3, 0.4) is 0 Å². The summed E-state index contributed by atoms with van der Waals surface area (Å²) in [4.78, 5) is 0. The Balaban J connectivity index is 1.62. The maximum Gasteiger partial charge on any atom is 0.174 e. The molecule has 1 N–H and O–H groups in total. The van der Waals surface area contributed by atoms with E-state index >= 15 is 0 Å². The van der Waals surface area contributed by atoms with Gasteiger partial charge in [0.1, 0.15) is 11.8 Å². The molecule has 0 aromatic heterocycles. The minimum atomic E-state index is 0.0894. The molecule has 1 fully saturated rings. The van der Waals surface area contributed by atoms with Crippen molar-refractivity contribution in [1.82, 2.24) is 5.32 Å². The summed E-state index contributed by atoms with van der Waals surface area (Å²) in [5, 5.41) is 11.8. The molecule has 0 amide bonds. The van der Waals surface area contributed by atoms with Crippen LogP contribution >= 0.6 is 0 Å². The van der Waals surface area contributed by atoms with Crippen molar-refractivity contribution in [1.29, 1.82) is 5.26 Å². The van der Waals surface area contributed by atoms with E-state index < -0.39 is 0 Å². The van der Waals surface area contributed by atoms with Gasteiger partial charge in [-0.2, -0.15) is 5.26 Å². The lowest BCUT2D eigenvalue weighted by Gasteiger charge is -2.11. The van der Waals surface area contributed by atoms with Crippen molar-refractivity contribution in [2.45, 2.75) is 38.3 Å². The van der Waals surface area contributed by atoms with Crippen LogP contribution in [0.5, 0.6) is 5.75 Å². The van der Waals surface area contributed by atoms with Gasteiger partial charge in [0.2, 0.25) is 0 Å². The molecule has 0 heterocycles. The molecule has 0 aliphatic heterocycles. The smallest absolute Gasteiger partial charge is 0.174 e. The minimum absolute atomic E-state index is 0.0894. The highest BCUT2D eigenvalue weighted by molar-refractivity contribution is 5.28. The molecule has 0 radical (unpaired) electrons. The van der Waals surface area contributed by atoms with Gasteiger partial charge in [-0.1, -0.05) is 25.0 Å². The number of ether oxygens (including phenoxy) is 2. The SMILES string of the molecule is N#CCOc1cccc(CNCCOC2CCCC2)c1. The van der Waals surface area contributed by atoms with Crippen molar-refractivity contribution in [3.05, 3.63) is 29.8 Å². The molecule has 4 nitrogen and oxygen atoms in total. The Bertz CT molecular complexity index is 436. The summed E-state index contributed by atoms with van der Waals surface area (Å²) < 4.78 is 11.1. The topological polar surface area (TPSA) is 54.3 Å². The van der Waals surface area contributed by atoms with E-state index in [1.54, 1.807) is 0 Å². The first kappa shape index (κ1) is 14.8. The van der Waals surface area contributed by atoms with Crippen LogP contribution in [0.4, 0.5) is 0 Å². The minimum Gasteiger partial charge on any atom is -0.479 e. The van der Waals surface area contributed by atoms with E-state index in [1.165, 1.54) is 25.7 Å². The summed E-state index contributed by atoms with van der Waals surface area (Å²) in [7, 11) is 0. The average molecular weight is 274 g/mol. The highest BCUT2D eigenvalue weighted by atomic mass is 16.5. The van der Waals surface area contributed by atoms with Gasteiger partial charge in [-0.05, 0) is 30.5 Å². The number of hydrogen-bond acceptors (Lipinski definition) is 4. The van der Waals surface area contributed by atoms with Crippen molar-refractivity contribution in [2.24, 2.45) is 0 Å². The van der Waals surface area contributed by atoms with Gasteiger partial charge >= 0.3 is 0 Å². The second kappa shape index (κ2) is 8.57. The molecule has 0 bridgehead atoms. The molecule has 0 atom stereocenters. The highest BCUT2D eigenvalue weighted by Crippen LogP contribution is 2.20. The first-order chi connectivity index (χ1) is 9.88. The fraction of sp³-hybridized carbons (Fsp3) is 0.562. The number of nitriles is 1. The van der Waals surface area contributed by atoms with E-state index in [9.17, 15) is 0 Å². The lowest BCUT2D eigenvalue weighted by Crippen LogP contribution is -2.21. The summed E-state index contributed by atoms with van der Waals surface area (Å²) >= 11 is 0. The van der Waals surface area contributed by atoms with Crippen molar-refractivity contribution < 1.29 is 9.47 Å². The van der Waals surface area contributed by atoms with Crippen LogP contribution in [0.25, 0.3) is 0 Å². The fourth-order valence-electron chi connectivity index (χ4n) is 2.45. The summed E-state index contributed by atoms with van der Waals surface area (Å²) in [6.07, 6.45) is 5.55. The molecular formula is C16H22N2O2. The lowest BCUT2D eigenvalue weighted by atomic mass is 10.2. The molecule has 1 aliphatic carbocycles. The van der Waals surface area contributed by atoms with Crippen LogP contribution in [0.2, 0.25) is 0 Å². The van der Waals surface area contributed by atoms with Crippen LogP contribution in [0, 0.1) is 11.3 Å². The second-order valence-electron chi connectivity index (χ2n) is 5.05. The first-order valence-corrected chi connectivity index (χ1v) is 7.29.